The molecule has 0 aromatic heterocycles. The summed E-state index contributed by atoms with van der Waals surface area (Å²) in [7, 11) is -3.09. The zero-order chi connectivity index (χ0) is 32.9. The Hall–Kier alpha value is -5.08. The maximum Gasteiger partial charge on any atom is 0.173 e. The van der Waals surface area contributed by atoms with Gasteiger partial charge in [-0.1, -0.05) is 138 Å². The van der Waals surface area contributed by atoms with Crippen LogP contribution in [0.3, 0.4) is 0 Å². The maximum atomic E-state index is 15.4. The topological polar surface area (TPSA) is 20.3 Å². The molecule has 2 nitrogen and oxygen atoms in total. The summed E-state index contributed by atoms with van der Waals surface area (Å²) < 4.78 is 15.4. The van der Waals surface area contributed by atoms with Gasteiger partial charge < -0.3 is 9.46 Å². The summed E-state index contributed by atoms with van der Waals surface area (Å²) in [4.78, 5) is 4.54. The number of fused-ring (bicyclic) bond motifs is 11. The predicted molar refractivity (Wildman–Crippen MR) is 205 cm³/mol. The first-order valence-electron chi connectivity index (χ1n) is 16.8. The van der Waals surface area contributed by atoms with Gasteiger partial charge in [-0.25, -0.2) is 0 Å². The molecule has 0 saturated heterocycles. The minimum atomic E-state index is -3.09. The molecule has 0 N–H and O–H groups in total. The molecule has 2 heterocycles. The van der Waals surface area contributed by atoms with Gasteiger partial charge in [-0.2, -0.15) is 0 Å². The molecule has 0 radical (unpaired) electrons. The molecule has 1 unspecified atom stereocenters. The van der Waals surface area contributed by atoms with Gasteiger partial charge in [-0.15, -0.1) is 0 Å². The van der Waals surface area contributed by atoms with Crippen LogP contribution in [0.25, 0.3) is 11.1 Å². The second kappa shape index (κ2) is 10.5. The second-order valence-corrected chi connectivity index (χ2v) is 17.2. The van der Waals surface area contributed by atoms with Crippen molar-refractivity contribution in [2.45, 2.75) is 29.1 Å². The average Bonchev–Trinajstić information content (AvgIpc) is 3.43. The minimum absolute atomic E-state index is 0.461. The summed E-state index contributed by atoms with van der Waals surface area (Å²) in [5.41, 5.74) is 13.2. The molecule has 7 aromatic carbocycles. The van der Waals surface area contributed by atoms with Crippen LogP contribution in [0.4, 0.5) is 17.1 Å². The van der Waals surface area contributed by atoms with Crippen molar-refractivity contribution in [3.8, 4) is 11.1 Å². The number of hydrogen-bond donors (Lipinski definition) is 0. The van der Waals surface area contributed by atoms with E-state index in [-0.39, 0.29) is 0 Å². The Morgan fingerprint density at radius 3 is 1.71 bits per heavy atom. The van der Waals surface area contributed by atoms with E-state index in [1.807, 2.05) is 42.5 Å². The van der Waals surface area contributed by atoms with Gasteiger partial charge in [0.05, 0.1) is 16.8 Å². The van der Waals surface area contributed by atoms with E-state index in [0.717, 1.165) is 31.4 Å². The summed E-state index contributed by atoms with van der Waals surface area (Å²) in [5, 5.41) is 2.70. The van der Waals surface area contributed by atoms with E-state index >= 15 is 4.57 Å². The Morgan fingerprint density at radius 2 is 1.06 bits per heavy atom. The van der Waals surface area contributed by atoms with Crippen LogP contribution >= 0.6 is 18.9 Å². The third-order valence-corrected chi connectivity index (χ3v) is 15.2. The molecule has 2 aliphatic heterocycles. The van der Waals surface area contributed by atoms with E-state index in [2.05, 4.69) is 134 Å². The summed E-state index contributed by atoms with van der Waals surface area (Å²) in [5.74, 6) is 0. The smallest absolute Gasteiger partial charge is 0.173 e. The molecule has 234 valence electrons. The van der Waals surface area contributed by atoms with Crippen LogP contribution in [0.1, 0.15) is 33.4 Å². The summed E-state index contributed by atoms with van der Waals surface area (Å²) in [6.45, 7) is 4.40. The molecule has 0 fully saturated rings. The van der Waals surface area contributed by atoms with E-state index in [1.165, 1.54) is 55.9 Å². The number of rotatable bonds is 2. The van der Waals surface area contributed by atoms with Gasteiger partial charge in [-0.3, -0.25) is 0 Å². The highest BCUT2D eigenvalue weighted by atomic mass is 32.2. The van der Waals surface area contributed by atoms with Gasteiger partial charge >= 0.3 is 0 Å². The molecular weight excluding hydrogens is 634 g/mol. The summed E-state index contributed by atoms with van der Waals surface area (Å²) in [6.07, 6.45) is 0. The van der Waals surface area contributed by atoms with Crippen LogP contribution in [0, 0.1) is 13.8 Å². The van der Waals surface area contributed by atoms with Crippen molar-refractivity contribution in [3.63, 3.8) is 0 Å². The third kappa shape index (κ3) is 3.83. The van der Waals surface area contributed by atoms with E-state index in [4.69, 9.17) is 0 Å². The predicted octanol–water partition coefficient (Wildman–Crippen LogP) is 10.6. The van der Waals surface area contributed by atoms with Crippen molar-refractivity contribution in [1.29, 1.82) is 0 Å². The van der Waals surface area contributed by atoms with E-state index in [0.29, 0.717) is 0 Å². The highest BCUT2D eigenvalue weighted by Gasteiger charge is 2.52. The lowest BCUT2D eigenvalue weighted by Gasteiger charge is -2.45. The number of anilines is 3. The van der Waals surface area contributed by atoms with Crippen molar-refractivity contribution in [3.05, 3.63) is 191 Å². The van der Waals surface area contributed by atoms with E-state index in [1.54, 1.807) is 11.8 Å². The van der Waals surface area contributed by atoms with Gasteiger partial charge in [-0.05, 0) is 89.7 Å². The Labute approximate surface area is 291 Å². The van der Waals surface area contributed by atoms with Crippen LogP contribution in [-0.4, -0.2) is 0 Å². The average molecular weight is 666 g/mol. The Bertz CT molecular complexity index is 2450. The molecule has 10 rings (SSSR count). The number of aryl methyl sites for hydroxylation is 2. The zero-order valence-electron chi connectivity index (χ0n) is 27.2. The van der Waals surface area contributed by atoms with Gasteiger partial charge in [0.15, 0.2) is 7.14 Å². The molecule has 1 spiro atoms. The minimum Gasteiger partial charge on any atom is -0.310 e. The van der Waals surface area contributed by atoms with Gasteiger partial charge in [0.1, 0.15) is 0 Å². The molecule has 3 aliphatic rings. The number of benzene rings is 7. The van der Waals surface area contributed by atoms with Crippen LogP contribution in [0.5, 0.6) is 0 Å². The van der Waals surface area contributed by atoms with E-state index in [9.17, 15) is 0 Å². The molecule has 49 heavy (non-hydrogen) atoms. The first kappa shape index (κ1) is 28.9. The third-order valence-electron chi connectivity index (χ3n) is 10.6. The molecule has 0 bridgehead atoms. The largest absolute Gasteiger partial charge is 0.310 e. The molecule has 0 saturated carbocycles. The SMILES string of the molecule is Cc1ccc2c(c1)C1(c3ccccc3-c3ccccc31)c1cc(C)ccc1N2c1ccc2c(c1)Sc1ccccc1P2(=O)c1ccccc1. The summed E-state index contributed by atoms with van der Waals surface area (Å²) >= 11 is 1.73. The molecule has 1 aliphatic carbocycles. The fraction of sp³-hybridized carbons (Fsp3) is 0.0667. The van der Waals surface area contributed by atoms with Crippen molar-refractivity contribution < 1.29 is 4.57 Å². The van der Waals surface area contributed by atoms with Crippen molar-refractivity contribution >= 4 is 51.9 Å². The van der Waals surface area contributed by atoms with Crippen LogP contribution < -0.4 is 20.8 Å². The first-order chi connectivity index (χ1) is 24.0. The van der Waals surface area contributed by atoms with Gasteiger partial charge in [0.25, 0.3) is 0 Å². The normalized spacial score (nSPS) is 17.4. The molecular formula is C45H32NOPS. The highest BCUT2D eigenvalue weighted by molar-refractivity contribution is 8.02. The van der Waals surface area contributed by atoms with Crippen molar-refractivity contribution in [2.75, 3.05) is 4.90 Å². The van der Waals surface area contributed by atoms with Crippen LogP contribution in [0.15, 0.2) is 168 Å². The lowest BCUT2D eigenvalue weighted by Crippen LogP contribution is -2.36. The Balaban J connectivity index is 1.25. The fourth-order valence-electron chi connectivity index (χ4n) is 8.61. The molecule has 7 aromatic rings. The standard InChI is InChI=1S/C45H32NOPS/c1-29-20-23-39-37(26-29)45(35-16-8-6-14-33(35)34-15-7-9-17-36(34)45)38-27-30(2)21-24-40(38)46(39)31-22-25-42-44(28-31)49-43-19-11-10-18-41(43)48(42,47)32-12-4-3-5-13-32/h3-28H,1-2H3. The van der Waals surface area contributed by atoms with E-state index < -0.39 is 12.6 Å². The Kier molecular flexibility index (Phi) is 6.17. The van der Waals surface area contributed by atoms with Crippen molar-refractivity contribution in [1.82, 2.24) is 0 Å². The quantitative estimate of drug-likeness (QED) is 0.171. The van der Waals surface area contributed by atoms with Crippen LogP contribution in [-0.2, 0) is 9.98 Å². The lowest BCUT2D eigenvalue weighted by molar-refractivity contribution is 0.591. The van der Waals surface area contributed by atoms with Gasteiger partial charge in [0, 0.05) is 31.4 Å². The number of hydrogen-bond acceptors (Lipinski definition) is 3. The number of nitrogens with zero attached hydrogens (tertiary/aromatic N) is 1. The van der Waals surface area contributed by atoms with Crippen LogP contribution in [0.2, 0.25) is 0 Å². The van der Waals surface area contributed by atoms with Crippen molar-refractivity contribution in [2.24, 2.45) is 0 Å². The summed E-state index contributed by atoms with van der Waals surface area (Å²) in [6, 6.07) is 56.6. The monoisotopic (exact) mass is 665 g/mol. The Morgan fingerprint density at radius 1 is 0.510 bits per heavy atom. The molecule has 1 atom stereocenters. The second-order valence-electron chi connectivity index (χ2n) is 13.4. The first-order valence-corrected chi connectivity index (χ1v) is 19.3. The zero-order valence-corrected chi connectivity index (χ0v) is 28.9. The highest BCUT2D eigenvalue weighted by Crippen LogP contribution is 2.64. The maximum absolute atomic E-state index is 15.4. The molecule has 4 heteroatoms. The fourth-order valence-corrected chi connectivity index (χ4v) is 13.3. The lowest BCUT2D eigenvalue weighted by atomic mass is 9.64. The molecule has 0 amide bonds. The van der Waals surface area contributed by atoms with Gasteiger partial charge in [0.2, 0.25) is 0 Å².